The van der Waals surface area contributed by atoms with Crippen molar-refractivity contribution in [3.63, 3.8) is 0 Å². The summed E-state index contributed by atoms with van der Waals surface area (Å²) in [5, 5.41) is 20.3. The smallest absolute Gasteiger partial charge is 0.390 e. The summed E-state index contributed by atoms with van der Waals surface area (Å²) < 4.78 is 104. The molecule has 2 saturated carbocycles. The fraction of sp³-hybridized carbons (Fsp3) is 0.319. The van der Waals surface area contributed by atoms with Crippen LogP contribution in [0.2, 0.25) is 0 Å². The van der Waals surface area contributed by atoms with E-state index in [9.17, 15) is 40.3 Å². The van der Waals surface area contributed by atoms with Crippen molar-refractivity contribution in [3.05, 3.63) is 112 Å². The zero-order valence-electron chi connectivity index (χ0n) is 37.2. The molecule has 4 N–H and O–H groups in total. The van der Waals surface area contributed by atoms with Crippen LogP contribution >= 0.6 is 15.9 Å². The van der Waals surface area contributed by atoms with E-state index in [2.05, 4.69) is 57.4 Å². The van der Waals surface area contributed by atoms with Crippen LogP contribution in [0, 0.1) is 19.7 Å². The fourth-order valence-corrected chi connectivity index (χ4v) is 7.62. The summed E-state index contributed by atoms with van der Waals surface area (Å²) in [6.07, 6.45) is -3.45. The van der Waals surface area contributed by atoms with Gasteiger partial charge in [-0.15, -0.1) is 5.10 Å². The average molecular weight is 1030 g/mol. The third-order valence-corrected chi connectivity index (χ3v) is 11.4. The van der Waals surface area contributed by atoms with E-state index in [4.69, 9.17) is 9.47 Å². The van der Waals surface area contributed by atoms with Gasteiger partial charge < -0.3 is 30.7 Å². The monoisotopic (exact) mass is 1020 g/mol. The normalized spacial score (nSPS) is 13.7. The number of nitrogens with zero attached hydrogens (tertiary/aromatic N) is 6. The highest BCUT2D eigenvalue weighted by Crippen LogP contribution is 2.33. The predicted octanol–water partition coefficient (Wildman–Crippen LogP) is 10.6. The first-order chi connectivity index (χ1) is 32.8. The van der Waals surface area contributed by atoms with Gasteiger partial charge >= 0.3 is 12.4 Å². The Balaban J connectivity index is 0.000000192. The number of halogens is 8. The molecule has 0 unspecified atom stereocenters. The van der Waals surface area contributed by atoms with E-state index >= 15 is 0 Å². The number of aryl methyl sites for hydroxylation is 2. The topological polar surface area (TPSA) is 161 Å². The zero-order valence-corrected chi connectivity index (χ0v) is 38.7. The van der Waals surface area contributed by atoms with E-state index in [-0.39, 0.29) is 59.2 Å². The molecule has 0 aliphatic heterocycles. The fourth-order valence-electron chi connectivity index (χ4n) is 7.23. The number of hydrogen-bond acceptors (Lipinski definition) is 10. The second-order valence-electron chi connectivity index (χ2n) is 16.6. The van der Waals surface area contributed by atoms with Crippen LogP contribution in [0.5, 0.6) is 17.4 Å². The van der Waals surface area contributed by atoms with E-state index in [1.54, 1.807) is 35.0 Å². The Morgan fingerprint density at radius 3 is 1.64 bits per heavy atom. The van der Waals surface area contributed by atoms with E-state index in [0.717, 1.165) is 48.4 Å². The number of amides is 2. The first kappa shape index (κ1) is 48.5. The molecule has 2 amide bonds. The molecule has 2 aliphatic rings. The quantitative estimate of drug-likeness (QED) is 0.0728. The molecule has 2 fully saturated rings. The Hall–Kier alpha value is -6.97. The van der Waals surface area contributed by atoms with E-state index in [1.165, 1.54) is 36.0 Å². The van der Waals surface area contributed by atoms with Crippen molar-refractivity contribution in [2.45, 2.75) is 76.8 Å². The highest BCUT2D eigenvalue weighted by molar-refractivity contribution is 9.10. The van der Waals surface area contributed by atoms with E-state index in [1.807, 2.05) is 32.0 Å². The molecule has 362 valence electrons. The number of anilines is 2. The maximum Gasteiger partial charge on any atom is 0.390 e. The predicted molar refractivity (Wildman–Crippen MR) is 246 cm³/mol. The van der Waals surface area contributed by atoms with Gasteiger partial charge in [0.25, 0.3) is 11.8 Å². The molecule has 22 heteroatoms. The molecule has 3 aromatic carbocycles. The van der Waals surface area contributed by atoms with Crippen molar-refractivity contribution in [1.29, 1.82) is 0 Å². The van der Waals surface area contributed by atoms with Gasteiger partial charge in [-0.05, 0) is 109 Å². The van der Waals surface area contributed by atoms with Gasteiger partial charge in [-0.25, -0.2) is 23.4 Å². The first-order valence-corrected chi connectivity index (χ1v) is 22.5. The molecule has 7 aromatic rings. The van der Waals surface area contributed by atoms with Crippen LogP contribution in [0.4, 0.5) is 42.1 Å². The lowest BCUT2D eigenvalue weighted by Gasteiger charge is -2.13. The zero-order chi connectivity index (χ0) is 49.2. The third kappa shape index (κ3) is 12.2. The number of rotatable bonds is 15. The van der Waals surface area contributed by atoms with Gasteiger partial charge in [0, 0.05) is 59.6 Å². The first-order valence-electron chi connectivity index (χ1n) is 21.7. The highest BCUT2D eigenvalue weighted by Gasteiger charge is 2.29. The number of nitrogens with one attached hydrogen (secondary N) is 4. The minimum atomic E-state index is -4.35. The van der Waals surface area contributed by atoms with Crippen LogP contribution in [-0.4, -0.2) is 85.6 Å². The van der Waals surface area contributed by atoms with Crippen LogP contribution in [0.3, 0.4) is 0 Å². The highest BCUT2D eigenvalue weighted by atomic mass is 79.9. The van der Waals surface area contributed by atoms with Gasteiger partial charge in [0.05, 0.1) is 55.1 Å². The molecule has 0 atom stereocenters. The van der Waals surface area contributed by atoms with Crippen molar-refractivity contribution < 1.29 is 49.8 Å². The standard InChI is InChI=1S/C27H25F4N5O3.C20H19BrF3N5O/c1-15-11-16(3-7-19(15)26(37)34-17-4-5-17)22-14-33-25-21(32-10-9-27(29,30)31)13-24(35-36(22)25)39-18-6-8-23(38-2)20(28)12-18;1-11-8-12(2-5-14(11)19(30)27-13-3-4-13)16-10-26-18-15(9-17(21)28-29(16)18)25-7-6-20(22,23)24/h3,6-8,11-14,17,32H,4-5,9-10H2,1-2H3,(H,34,37);2,5,8-10,13,25H,3-4,6-7H2,1H3,(H,27,30). The summed E-state index contributed by atoms with van der Waals surface area (Å²) in [5.74, 6) is -0.734. The largest absolute Gasteiger partial charge is 0.494 e. The summed E-state index contributed by atoms with van der Waals surface area (Å²) in [6, 6.07) is 18.2. The number of methoxy groups -OCH3 is 1. The molecule has 69 heavy (non-hydrogen) atoms. The summed E-state index contributed by atoms with van der Waals surface area (Å²) in [6.45, 7) is 3.02. The van der Waals surface area contributed by atoms with Gasteiger partial charge in [0.15, 0.2) is 22.9 Å². The van der Waals surface area contributed by atoms with Crippen LogP contribution in [0.1, 0.15) is 70.4 Å². The van der Waals surface area contributed by atoms with Crippen LogP contribution in [0.25, 0.3) is 33.8 Å². The molecule has 9 rings (SSSR count). The molecule has 4 heterocycles. The summed E-state index contributed by atoms with van der Waals surface area (Å²) in [5.41, 5.74) is 6.79. The number of imidazole rings is 2. The van der Waals surface area contributed by atoms with Crippen molar-refractivity contribution in [1.82, 2.24) is 39.8 Å². The second-order valence-corrected chi connectivity index (χ2v) is 17.4. The maximum absolute atomic E-state index is 14.2. The Bertz CT molecular complexity index is 3040. The lowest BCUT2D eigenvalue weighted by atomic mass is 10.0. The minimum absolute atomic E-state index is 0.00187. The van der Waals surface area contributed by atoms with E-state index < -0.39 is 37.6 Å². The average Bonchev–Trinajstić information content (AvgIpc) is 4.19. The number of aromatic nitrogens is 6. The van der Waals surface area contributed by atoms with Crippen molar-refractivity contribution in [2.75, 3.05) is 30.8 Å². The number of carbonyl (C=O) groups is 2. The van der Waals surface area contributed by atoms with E-state index in [0.29, 0.717) is 44.0 Å². The maximum atomic E-state index is 14.2. The summed E-state index contributed by atoms with van der Waals surface area (Å²) >= 11 is 3.31. The summed E-state index contributed by atoms with van der Waals surface area (Å²) in [7, 11) is 1.33. The number of carbonyl (C=O) groups excluding carboxylic acids is 2. The number of benzene rings is 3. The summed E-state index contributed by atoms with van der Waals surface area (Å²) in [4.78, 5) is 33.6. The molecule has 0 radical (unpaired) electrons. The molecule has 0 spiro atoms. The SMILES string of the molecule is COc1ccc(Oc2cc(NCCC(F)(F)F)c3ncc(-c4ccc(C(=O)NC5CC5)c(C)c4)n3n2)cc1F.Cc1cc(-c2cnc3c(NCCC(F)(F)F)cc(Br)nn23)ccc1C(=O)NC1CC1. The van der Waals surface area contributed by atoms with Crippen molar-refractivity contribution in [2.24, 2.45) is 0 Å². The van der Waals surface area contributed by atoms with Crippen molar-refractivity contribution >= 4 is 50.4 Å². The Kier molecular flexibility index (Phi) is 14.0. The number of ether oxygens (including phenoxy) is 2. The van der Waals surface area contributed by atoms with Gasteiger partial charge in [-0.3, -0.25) is 9.59 Å². The molecule has 14 nitrogen and oxygen atoms in total. The number of hydrogen-bond donors (Lipinski definition) is 4. The van der Waals surface area contributed by atoms with Crippen LogP contribution in [0.15, 0.2) is 83.7 Å². The van der Waals surface area contributed by atoms with Crippen molar-refractivity contribution in [3.8, 4) is 39.9 Å². The lowest BCUT2D eigenvalue weighted by Crippen LogP contribution is -2.26. The lowest BCUT2D eigenvalue weighted by molar-refractivity contribution is -0.132. The molecule has 4 aromatic heterocycles. The van der Waals surface area contributed by atoms with Gasteiger partial charge in [-0.1, -0.05) is 12.1 Å². The van der Waals surface area contributed by atoms with Crippen LogP contribution in [-0.2, 0) is 0 Å². The number of alkyl halides is 6. The molecular formula is C47H44BrF7N10O4. The van der Waals surface area contributed by atoms with Gasteiger partial charge in [-0.2, -0.15) is 31.4 Å². The molecule has 0 bridgehead atoms. The van der Waals surface area contributed by atoms with Gasteiger partial charge in [0.2, 0.25) is 5.88 Å². The Morgan fingerprint density at radius 1 is 0.696 bits per heavy atom. The third-order valence-electron chi connectivity index (χ3n) is 11.0. The molecular weight excluding hydrogens is 981 g/mol. The Morgan fingerprint density at radius 2 is 1.19 bits per heavy atom. The molecule has 0 saturated heterocycles. The second kappa shape index (κ2) is 19.9. The Labute approximate surface area is 398 Å². The number of fused-ring (bicyclic) bond motifs is 2. The minimum Gasteiger partial charge on any atom is -0.494 e. The van der Waals surface area contributed by atoms with Gasteiger partial charge in [0.1, 0.15) is 10.4 Å². The van der Waals surface area contributed by atoms with Crippen LogP contribution < -0.4 is 30.7 Å². The molecule has 2 aliphatic carbocycles.